The van der Waals surface area contributed by atoms with Crippen molar-refractivity contribution < 1.29 is 4.79 Å². The normalized spacial score (nSPS) is 23.3. The number of anilines is 1. The summed E-state index contributed by atoms with van der Waals surface area (Å²) in [5.74, 6) is 0.298. The predicted molar refractivity (Wildman–Crippen MR) is 109 cm³/mol. The monoisotopic (exact) mass is 363 g/mol. The van der Waals surface area contributed by atoms with Crippen molar-refractivity contribution in [2.75, 3.05) is 24.5 Å². The number of aryl methyl sites for hydroxylation is 2. The number of pyridine rings is 1. The molecule has 1 atom stereocenters. The summed E-state index contributed by atoms with van der Waals surface area (Å²) in [4.78, 5) is 22.7. The lowest BCUT2D eigenvalue weighted by atomic mass is 9.85. The van der Waals surface area contributed by atoms with E-state index in [-0.39, 0.29) is 5.54 Å². The second-order valence-corrected chi connectivity index (χ2v) is 8.04. The molecular weight excluding hydrogens is 334 g/mol. The highest BCUT2D eigenvalue weighted by Gasteiger charge is 2.50. The first-order valence-electron chi connectivity index (χ1n) is 10.1. The van der Waals surface area contributed by atoms with E-state index in [1.165, 1.54) is 5.56 Å². The lowest BCUT2D eigenvalue weighted by molar-refractivity contribution is -0.131. The molecule has 142 valence electrons. The van der Waals surface area contributed by atoms with Gasteiger partial charge in [-0.15, -0.1) is 0 Å². The Balaban J connectivity index is 1.52. The highest BCUT2D eigenvalue weighted by Crippen LogP contribution is 2.39. The van der Waals surface area contributed by atoms with Crippen LogP contribution in [0.3, 0.4) is 0 Å². The number of likely N-dealkylation sites (tertiary alicyclic amines) is 1. The molecular formula is C23H29N3O. The standard InChI is InChI=1S/C23H29N3O/c1-18-8-10-21(11-9-18)26-16-5-14-23(22(26)27)13-4-15-25(23)17-12-20-7-3-6-19(2)24-20/h3,6-11H,4-5,12-17H2,1-2H3. The van der Waals surface area contributed by atoms with Gasteiger partial charge >= 0.3 is 0 Å². The molecule has 1 unspecified atom stereocenters. The van der Waals surface area contributed by atoms with Gasteiger partial charge in [-0.05, 0) is 70.3 Å². The molecule has 0 aliphatic carbocycles. The fourth-order valence-electron chi connectivity index (χ4n) is 4.73. The average molecular weight is 364 g/mol. The number of rotatable bonds is 4. The minimum Gasteiger partial charge on any atom is -0.311 e. The lowest BCUT2D eigenvalue weighted by Gasteiger charge is -2.44. The number of amides is 1. The van der Waals surface area contributed by atoms with E-state index >= 15 is 0 Å². The summed E-state index contributed by atoms with van der Waals surface area (Å²) in [6, 6.07) is 14.6. The fourth-order valence-corrected chi connectivity index (χ4v) is 4.73. The van der Waals surface area contributed by atoms with E-state index in [2.05, 4.69) is 53.2 Å². The van der Waals surface area contributed by atoms with Crippen molar-refractivity contribution in [2.45, 2.75) is 51.5 Å². The third-order valence-corrected chi connectivity index (χ3v) is 6.17. The zero-order valence-electron chi connectivity index (χ0n) is 16.4. The number of hydrogen-bond acceptors (Lipinski definition) is 3. The number of nitrogens with zero attached hydrogens (tertiary/aromatic N) is 3. The Kier molecular flexibility index (Phi) is 5.00. The van der Waals surface area contributed by atoms with Gasteiger partial charge in [0.15, 0.2) is 0 Å². The third kappa shape index (κ3) is 3.51. The predicted octanol–water partition coefficient (Wildman–Crippen LogP) is 3.90. The Morgan fingerprint density at radius 2 is 1.74 bits per heavy atom. The molecule has 1 aromatic carbocycles. The van der Waals surface area contributed by atoms with Crippen molar-refractivity contribution in [1.82, 2.24) is 9.88 Å². The van der Waals surface area contributed by atoms with E-state index in [0.717, 1.165) is 68.8 Å². The van der Waals surface area contributed by atoms with Crippen LogP contribution >= 0.6 is 0 Å². The molecule has 27 heavy (non-hydrogen) atoms. The summed E-state index contributed by atoms with van der Waals surface area (Å²) in [6.45, 7) is 6.87. The molecule has 0 saturated carbocycles. The van der Waals surface area contributed by atoms with E-state index in [4.69, 9.17) is 0 Å². The first-order valence-corrected chi connectivity index (χ1v) is 10.1. The molecule has 4 heteroatoms. The van der Waals surface area contributed by atoms with Gasteiger partial charge in [-0.3, -0.25) is 14.7 Å². The Bertz CT molecular complexity index is 817. The van der Waals surface area contributed by atoms with Gasteiger partial charge < -0.3 is 4.90 Å². The van der Waals surface area contributed by atoms with Gasteiger partial charge in [0.05, 0.1) is 0 Å². The SMILES string of the molecule is Cc1ccc(N2CCCC3(CCCN3CCc3cccc(C)n3)C2=O)cc1. The molecule has 2 aliphatic heterocycles. The van der Waals surface area contributed by atoms with Crippen molar-refractivity contribution in [1.29, 1.82) is 0 Å². The quantitative estimate of drug-likeness (QED) is 0.826. The maximum atomic E-state index is 13.6. The summed E-state index contributed by atoms with van der Waals surface area (Å²) in [5.41, 5.74) is 4.13. The number of piperidine rings is 1. The molecule has 2 aromatic rings. The van der Waals surface area contributed by atoms with Crippen LogP contribution in [0, 0.1) is 13.8 Å². The van der Waals surface area contributed by atoms with Gasteiger partial charge in [0, 0.05) is 36.6 Å². The smallest absolute Gasteiger partial charge is 0.247 e. The van der Waals surface area contributed by atoms with Gasteiger partial charge in [-0.2, -0.15) is 0 Å². The average Bonchev–Trinajstić information content (AvgIpc) is 3.07. The highest BCUT2D eigenvalue weighted by atomic mass is 16.2. The van der Waals surface area contributed by atoms with Gasteiger partial charge in [-0.25, -0.2) is 0 Å². The van der Waals surface area contributed by atoms with E-state index in [0.29, 0.717) is 5.91 Å². The maximum Gasteiger partial charge on any atom is 0.247 e. The zero-order valence-corrected chi connectivity index (χ0v) is 16.4. The van der Waals surface area contributed by atoms with Crippen molar-refractivity contribution in [3.8, 4) is 0 Å². The Labute approximate surface area is 162 Å². The zero-order chi connectivity index (χ0) is 18.9. The van der Waals surface area contributed by atoms with E-state index in [1.54, 1.807) is 0 Å². The van der Waals surface area contributed by atoms with Crippen LogP contribution < -0.4 is 4.90 Å². The van der Waals surface area contributed by atoms with Gasteiger partial charge in [-0.1, -0.05) is 23.8 Å². The summed E-state index contributed by atoms with van der Waals surface area (Å²) in [5, 5.41) is 0. The lowest BCUT2D eigenvalue weighted by Crippen LogP contribution is -2.60. The van der Waals surface area contributed by atoms with Gasteiger partial charge in [0.1, 0.15) is 5.54 Å². The first kappa shape index (κ1) is 18.2. The van der Waals surface area contributed by atoms with E-state index in [9.17, 15) is 4.79 Å². The fraction of sp³-hybridized carbons (Fsp3) is 0.478. The van der Waals surface area contributed by atoms with E-state index < -0.39 is 0 Å². The van der Waals surface area contributed by atoms with Crippen molar-refractivity contribution in [2.24, 2.45) is 0 Å². The van der Waals surface area contributed by atoms with Crippen LogP contribution in [-0.4, -0.2) is 41.0 Å². The molecule has 1 spiro atoms. The topological polar surface area (TPSA) is 36.4 Å². The summed E-state index contributed by atoms with van der Waals surface area (Å²) >= 11 is 0. The third-order valence-electron chi connectivity index (χ3n) is 6.17. The van der Waals surface area contributed by atoms with Crippen molar-refractivity contribution in [3.63, 3.8) is 0 Å². The number of benzene rings is 1. The molecule has 0 radical (unpaired) electrons. The number of hydrogen-bond donors (Lipinski definition) is 0. The van der Waals surface area contributed by atoms with Crippen LogP contribution in [-0.2, 0) is 11.2 Å². The van der Waals surface area contributed by atoms with Crippen LogP contribution in [0.4, 0.5) is 5.69 Å². The van der Waals surface area contributed by atoms with Crippen LogP contribution in [0.15, 0.2) is 42.5 Å². The van der Waals surface area contributed by atoms with Crippen molar-refractivity contribution >= 4 is 11.6 Å². The van der Waals surface area contributed by atoms with Crippen molar-refractivity contribution in [3.05, 3.63) is 59.4 Å². The first-order chi connectivity index (χ1) is 13.1. The summed E-state index contributed by atoms with van der Waals surface area (Å²) in [6.07, 6.45) is 5.04. The molecule has 0 bridgehead atoms. The van der Waals surface area contributed by atoms with E-state index in [1.807, 2.05) is 17.9 Å². The molecule has 1 aromatic heterocycles. The number of aromatic nitrogens is 1. The summed E-state index contributed by atoms with van der Waals surface area (Å²) < 4.78 is 0. The summed E-state index contributed by atoms with van der Waals surface area (Å²) in [7, 11) is 0. The molecule has 4 nitrogen and oxygen atoms in total. The number of carbonyl (C=O) groups excluding carboxylic acids is 1. The van der Waals surface area contributed by atoms with Gasteiger partial charge in [0.25, 0.3) is 0 Å². The Hall–Kier alpha value is -2.20. The Morgan fingerprint density at radius 1 is 1.00 bits per heavy atom. The van der Waals surface area contributed by atoms with Crippen LogP contribution in [0.5, 0.6) is 0 Å². The molecule has 2 saturated heterocycles. The largest absolute Gasteiger partial charge is 0.311 e. The molecule has 0 N–H and O–H groups in total. The van der Waals surface area contributed by atoms with Crippen LogP contribution in [0.2, 0.25) is 0 Å². The Morgan fingerprint density at radius 3 is 2.48 bits per heavy atom. The van der Waals surface area contributed by atoms with Gasteiger partial charge in [0.2, 0.25) is 5.91 Å². The molecule has 4 rings (SSSR count). The minimum atomic E-state index is -0.313. The maximum absolute atomic E-state index is 13.6. The number of carbonyl (C=O) groups is 1. The minimum absolute atomic E-state index is 0.298. The molecule has 3 heterocycles. The highest BCUT2D eigenvalue weighted by molar-refractivity contribution is 6.01. The molecule has 1 amide bonds. The molecule has 2 aliphatic rings. The van der Waals surface area contributed by atoms with Crippen LogP contribution in [0.25, 0.3) is 0 Å². The second-order valence-electron chi connectivity index (χ2n) is 8.04. The van der Waals surface area contributed by atoms with Crippen LogP contribution in [0.1, 0.15) is 42.6 Å². The second kappa shape index (κ2) is 7.43. The molecule has 2 fully saturated rings.